The van der Waals surface area contributed by atoms with Gasteiger partial charge in [-0.3, -0.25) is 43.7 Å². The molecule has 6 rings (SSSR count). The number of hydrogen-bond acceptors (Lipinski definition) is 11. The first kappa shape index (κ1) is 33.6. The summed E-state index contributed by atoms with van der Waals surface area (Å²) < 4.78 is 7.76. The highest BCUT2D eigenvalue weighted by molar-refractivity contribution is 9.15. The Labute approximate surface area is 292 Å². The van der Waals surface area contributed by atoms with Crippen LogP contribution in [0.3, 0.4) is 0 Å². The van der Waals surface area contributed by atoms with Gasteiger partial charge in [0.25, 0.3) is 17.7 Å². The maximum atomic E-state index is 13.4. The largest absolute Gasteiger partial charge is 0.384 e. The second-order valence-electron chi connectivity index (χ2n) is 11.5. The molecule has 0 saturated carbocycles. The maximum absolute atomic E-state index is 13.4. The predicted molar refractivity (Wildman–Crippen MR) is 181 cm³/mol. The van der Waals surface area contributed by atoms with Gasteiger partial charge in [0.15, 0.2) is 0 Å². The molecule has 5 amide bonds. The highest BCUT2D eigenvalue weighted by atomic mass is 79.9. The molecule has 1 aromatic heterocycles. The zero-order valence-corrected chi connectivity index (χ0v) is 29.4. The first-order valence-corrected chi connectivity index (χ1v) is 17.8. The van der Waals surface area contributed by atoms with E-state index in [9.17, 15) is 24.0 Å². The molecule has 14 nitrogen and oxygen atoms in total. The molecule has 2 atom stereocenters. The van der Waals surface area contributed by atoms with Gasteiger partial charge < -0.3 is 20.7 Å². The van der Waals surface area contributed by atoms with E-state index in [0.717, 1.165) is 59.9 Å². The Kier molecular flexibility index (Phi) is 10.1. The number of amides is 5. The average Bonchev–Trinajstić information content (AvgIpc) is 3.71. The number of carbonyl (C=O) groups is 5. The fraction of sp³-hybridized carbons (Fsp3) is 0.467. The van der Waals surface area contributed by atoms with E-state index in [2.05, 4.69) is 57.3 Å². The molecule has 2 fully saturated rings. The van der Waals surface area contributed by atoms with Gasteiger partial charge >= 0.3 is 0 Å². The fourth-order valence-corrected chi connectivity index (χ4v) is 10.3. The second-order valence-corrected chi connectivity index (χ2v) is 15.7. The van der Waals surface area contributed by atoms with Crippen molar-refractivity contribution < 1.29 is 28.7 Å². The lowest BCUT2D eigenvalue weighted by atomic mass is 10.0. The van der Waals surface area contributed by atoms with Gasteiger partial charge in [-0.1, -0.05) is 30.7 Å². The molecule has 1 unspecified atom stereocenters. The minimum Gasteiger partial charge on any atom is -0.384 e. The molecule has 5 heterocycles. The molecule has 0 radical (unpaired) electrons. The number of imidazole rings is 1. The minimum atomic E-state index is -1.00. The van der Waals surface area contributed by atoms with Crippen molar-refractivity contribution in [1.82, 2.24) is 29.6 Å². The number of benzene rings is 1. The van der Waals surface area contributed by atoms with Crippen LogP contribution in [0, 0.1) is 0 Å². The van der Waals surface area contributed by atoms with Crippen LogP contribution in [-0.4, -0.2) is 103 Å². The molecule has 2 saturated heterocycles. The van der Waals surface area contributed by atoms with Crippen LogP contribution in [-0.2, 0) is 14.3 Å². The standard InChI is InChI=1S/C30H34Br2N8O6S/c31-24-27(37-16-20(25(33)42)35-17-37)39(30(32,47-24)38-12-14-46-15-13-38)11-4-2-1-3-10-34-19-7-5-6-18-23(19)29(45)40(28(18)44)21-8-9-22(41)36-26(21)43/h5-7,16-17,21,34H,1-4,8-15H2,(H2,33,42)(H,36,41,43)/t21-,30?/m0/s1. The van der Waals surface area contributed by atoms with Gasteiger partial charge in [-0.15, -0.1) is 0 Å². The Bertz CT molecular complexity index is 1650. The molecule has 17 heteroatoms. The molecule has 4 aliphatic heterocycles. The molecule has 4 N–H and O–H groups in total. The molecule has 47 heavy (non-hydrogen) atoms. The number of thioether (sulfide) groups is 1. The number of carbonyl (C=O) groups excluding carboxylic acids is 5. The van der Waals surface area contributed by atoms with Crippen molar-refractivity contribution in [1.29, 1.82) is 0 Å². The number of piperidine rings is 1. The quantitative estimate of drug-likeness (QED) is 0.125. The number of unbranched alkanes of at least 4 members (excludes halogenated alkanes) is 3. The first-order chi connectivity index (χ1) is 22.6. The topological polar surface area (TPSA) is 172 Å². The van der Waals surface area contributed by atoms with E-state index < -0.39 is 39.5 Å². The van der Waals surface area contributed by atoms with Gasteiger partial charge in [-0.2, -0.15) is 0 Å². The third-order valence-corrected chi connectivity index (χ3v) is 11.9. The number of nitrogens with two attached hydrogens (primary N) is 1. The van der Waals surface area contributed by atoms with Gasteiger partial charge in [-0.05, 0) is 63.3 Å². The number of aromatic nitrogens is 2. The monoisotopic (exact) mass is 792 g/mol. The smallest absolute Gasteiger partial charge is 0.268 e. The van der Waals surface area contributed by atoms with E-state index in [-0.39, 0.29) is 29.7 Å². The summed E-state index contributed by atoms with van der Waals surface area (Å²) in [5, 5.41) is 5.54. The Balaban J connectivity index is 1.05. The van der Waals surface area contributed by atoms with E-state index in [1.54, 1.807) is 42.5 Å². The van der Waals surface area contributed by atoms with Crippen molar-refractivity contribution in [2.75, 3.05) is 44.7 Å². The molecular formula is C30H34Br2N8O6S. The summed E-state index contributed by atoms with van der Waals surface area (Å²) in [5.74, 6) is -1.81. The minimum absolute atomic E-state index is 0.0734. The summed E-state index contributed by atoms with van der Waals surface area (Å²) in [6.07, 6.45) is 6.98. The van der Waals surface area contributed by atoms with Crippen molar-refractivity contribution in [3.63, 3.8) is 0 Å². The lowest BCUT2D eigenvalue weighted by Crippen LogP contribution is -2.55. The molecule has 0 bridgehead atoms. The number of fused-ring (bicyclic) bond motifs is 1. The van der Waals surface area contributed by atoms with E-state index >= 15 is 0 Å². The highest BCUT2D eigenvalue weighted by Crippen LogP contribution is 2.56. The molecule has 1 aromatic carbocycles. The van der Waals surface area contributed by atoms with Crippen molar-refractivity contribution >= 4 is 84.7 Å². The van der Waals surface area contributed by atoms with Crippen LogP contribution in [0.25, 0.3) is 5.82 Å². The van der Waals surface area contributed by atoms with Crippen molar-refractivity contribution in [3.8, 4) is 0 Å². The molecule has 4 aliphatic rings. The fourth-order valence-electron chi connectivity index (χ4n) is 6.21. The first-order valence-electron chi connectivity index (χ1n) is 15.4. The molecule has 0 aliphatic carbocycles. The number of halogens is 2. The maximum Gasteiger partial charge on any atom is 0.268 e. The Morgan fingerprint density at radius 1 is 1.13 bits per heavy atom. The number of rotatable bonds is 12. The number of imide groups is 2. The molecular weight excluding hydrogens is 760 g/mol. The Morgan fingerprint density at radius 2 is 1.89 bits per heavy atom. The van der Waals surface area contributed by atoms with Crippen LogP contribution in [0.2, 0.25) is 0 Å². The van der Waals surface area contributed by atoms with Crippen LogP contribution in [0.4, 0.5) is 5.69 Å². The molecule has 250 valence electrons. The summed E-state index contributed by atoms with van der Waals surface area (Å²) in [5.41, 5.74) is 6.72. The number of ether oxygens (including phenoxy) is 1. The van der Waals surface area contributed by atoms with Gasteiger partial charge in [0.1, 0.15) is 23.9 Å². The van der Waals surface area contributed by atoms with Gasteiger partial charge in [-0.25, -0.2) is 4.98 Å². The second kappa shape index (κ2) is 14.1. The van der Waals surface area contributed by atoms with E-state index in [1.165, 1.54) is 0 Å². The summed E-state index contributed by atoms with van der Waals surface area (Å²) >= 11 is 9.43. The number of primary amides is 1. The van der Waals surface area contributed by atoms with E-state index in [0.29, 0.717) is 25.4 Å². The average molecular weight is 795 g/mol. The zero-order chi connectivity index (χ0) is 33.3. The summed E-state index contributed by atoms with van der Waals surface area (Å²) in [4.78, 5) is 72.0. The number of morpholine rings is 1. The van der Waals surface area contributed by atoms with Crippen molar-refractivity contribution in [3.05, 3.63) is 51.4 Å². The molecule has 2 aromatic rings. The lowest BCUT2D eigenvalue weighted by molar-refractivity contribution is -0.136. The Hall–Kier alpha value is -3.25. The van der Waals surface area contributed by atoms with Gasteiger partial charge in [0.05, 0.1) is 28.2 Å². The number of nitrogens with zero attached hydrogens (tertiary/aromatic N) is 5. The van der Waals surface area contributed by atoms with Gasteiger partial charge in [0.2, 0.25) is 15.7 Å². The van der Waals surface area contributed by atoms with Crippen LogP contribution in [0.1, 0.15) is 69.7 Å². The third kappa shape index (κ3) is 6.60. The van der Waals surface area contributed by atoms with Crippen molar-refractivity contribution in [2.45, 2.75) is 48.5 Å². The SMILES string of the molecule is NC(=O)c1cn(C2=C(Br)SC(Br)(N3CCOCC3)N2CCCCCCNc2cccc3c2C(=O)N([C@H]2CCC(=O)NC2=O)C3=O)cn1. The Morgan fingerprint density at radius 3 is 2.62 bits per heavy atom. The lowest BCUT2D eigenvalue weighted by Gasteiger charge is -2.45. The summed E-state index contributed by atoms with van der Waals surface area (Å²) in [6, 6.07) is 4.06. The zero-order valence-electron chi connectivity index (χ0n) is 25.4. The molecule has 0 spiro atoms. The van der Waals surface area contributed by atoms with E-state index in [4.69, 9.17) is 10.5 Å². The van der Waals surface area contributed by atoms with Crippen LogP contribution < -0.4 is 16.4 Å². The van der Waals surface area contributed by atoms with Crippen molar-refractivity contribution in [2.24, 2.45) is 5.73 Å². The van der Waals surface area contributed by atoms with Crippen LogP contribution >= 0.6 is 43.6 Å². The number of nitrogens with one attached hydrogen (secondary N) is 2. The van der Waals surface area contributed by atoms with Gasteiger partial charge in [0, 0.05) is 44.5 Å². The third-order valence-electron chi connectivity index (χ3n) is 8.56. The highest BCUT2D eigenvalue weighted by Gasteiger charge is 2.49. The van der Waals surface area contributed by atoms with Crippen LogP contribution in [0.15, 0.2) is 34.5 Å². The van der Waals surface area contributed by atoms with E-state index in [1.807, 2.05) is 4.57 Å². The number of hydrogen-bond donors (Lipinski definition) is 3. The summed E-state index contributed by atoms with van der Waals surface area (Å²) in [7, 11) is 0. The van der Waals surface area contributed by atoms with Crippen LogP contribution in [0.5, 0.6) is 0 Å². The summed E-state index contributed by atoms with van der Waals surface area (Å²) in [6.45, 7) is 4.10. The number of anilines is 1. The normalized spacial score (nSPS) is 23.5. The predicted octanol–water partition coefficient (Wildman–Crippen LogP) is 2.92. The number of alkyl halides is 1.